The van der Waals surface area contributed by atoms with Gasteiger partial charge in [0.1, 0.15) is 0 Å². The van der Waals surface area contributed by atoms with E-state index < -0.39 is 0 Å². The van der Waals surface area contributed by atoms with Gasteiger partial charge in [0.25, 0.3) is 0 Å². The average molecular weight is 417 g/mol. The first-order valence-electron chi connectivity index (χ1n) is 9.25. The standard InChI is InChI=1S/C22H21ClN2O2.ClH/c1-2-27-22(26)25-12-10-17-20(11-13-25)24-19-9-8-16(23)14-18(19)21(17)15-6-4-3-5-7-15;/h3-9,14H,2,10-13H2,1H3;1H. The number of benzene rings is 2. The molecule has 146 valence electrons. The Bertz CT molecular complexity index is 993. The predicted octanol–water partition coefficient (Wildman–Crippen LogP) is 5.53. The van der Waals surface area contributed by atoms with E-state index >= 15 is 0 Å². The van der Waals surface area contributed by atoms with Gasteiger partial charge in [0.15, 0.2) is 0 Å². The van der Waals surface area contributed by atoms with Crippen molar-refractivity contribution in [1.82, 2.24) is 9.88 Å². The van der Waals surface area contributed by atoms with Crippen LogP contribution >= 0.6 is 24.0 Å². The van der Waals surface area contributed by atoms with Gasteiger partial charge in [-0.3, -0.25) is 4.98 Å². The second kappa shape index (κ2) is 8.80. The van der Waals surface area contributed by atoms with Gasteiger partial charge >= 0.3 is 6.09 Å². The lowest BCUT2D eigenvalue weighted by atomic mass is 9.92. The summed E-state index contributed by atoms with van der Waals surface area (Å²) in [5.41, 5.74) is 5.50. The normalized spacial score (nSPS) is 13.4. The second-order valence-corrected chi connectivity index (χ2v) is 7.06. The van der Waals surface area contributed by atoms with Crippen molar-refractivity contribution in [2.45, 2.75) is 19.8 Å². The smallest absolute Gasteiger partial charge is 0.409 e. The number of aromatic nitrogens is 1. The molecule has 1 aliphatic heterocycles. The Morgan fingerprint density at radius 1 is 1.14 bits per heavy atom. The predicted molar refractivity (Wildman–Crippen MR) is 115 cm³/mol. The lowest BCUT2D eigenvalue weighted by Crippen LogP contribution is -2.33. The van der Waals surface area contributed by atoms with Crippen LogP contribution in [0.3, 0.4) is 0 Å². The van der Waals surface area contributed by atoms with Crippen molar-refractivity contribution in [3.8, 4) is 11.1 Å². The van der Waals surface area contributed by atoms with E-state index in [-0.39, 0.29) is 18.5 Å². The van der Waals surface area contributed by atoms with Gasteiger partial charge in [0, 0.05) is 35.6 Å². The summed E-state index contributed by atoms with van der Waals surface area (Å²) in [7, 11) is 0. The van der Waals surface area contributed by atoms with Crippen LogP contribution in [-0.2, 0) is 17.6 Å². The Hall–Kier alpha value is -2.30. The van der Waals surface area contributed by atoms with Gasteiger partial charge in [-0.1, -0.05) is 41.9 Å². The van der Waals surface area contributed by atoms with Gasteiger partial charge in [-0.15, -0.1) is 12.4 Å². The first kappa shape index (κ1) is 20.4. The third-order valence-corrected chi connectivity index (χ3v) is 5.21. The molecule has 2 aromatic carbocycles. The van der Waals surface area contributed by atoms with Crippen LogP contribution < -0.4 is 0 Å². The Kier molecular flexibility index (Phi) is 6.42. The molecule has 0 spiro atoms. The maximum Gasteiger partial charge on any atom is 0.409 e. The molecule has 0 atom stereocenters. The molecule has 0 bridgehead atoms. The van der Waals surface area contributed by atoms with Crippen LogP contribution in [0.4, 0.5) is 4.79 Å². The summed E-state index contributed by atoms with van der Waals surface area (Å²) in [6.45, 7) is 3.46. The third-order valence-electron chi connectivity index (χ3n) is 4.97. The van der Waals surface area contributed by atoms with Crippen LogP contribution in [0.5, 0.6) is 0 Å². The average Bonchev–Trinajstić information content (AvgIpc) is 2.89. The number of nitrogens with zero attached hydrogens (tertiary/aromatic N) is 2. The van der Waals surface area contributed by atoms with Gasteiger partial charge in [0.2, 0.25) is 0 Å². The zero-order valence-corrected chi connectivity index (χ0v) is 17.2. The van der Waals surface area contributed by atoms with Crippen LogP contribution in [0.1, 0.15) is 18.2 Å². The number of amides is 1. The molecular formula is C22H22Cl2N2O2. The van der Waals surface area contributed by atoms with Gasteiger partial charge in [-0.05, 0) is 48.2 Å². The first-order valence-corrected chi connectivity index (χ1v) is 9.63. The van der Waals surface area contributed by atoms with Crippen molar-refractivity contribution >= 4 is 41.0 Å². The molecule has 0 radical (unpaired) electrons. The van der Waals surface area contributed by atoms with Gasteiger partial charge in [-0.25, -0.2) is 4.79 Å². The highest BCUT2D eigenvalue weighted by Gasteiger charge is 2.24. The number of fused-ring (bicyclic) bond motifs is 2. The van der Waals surface area contributed by atoms with E-state index in [0.717, 1.165) is 28.6 Å². The molecule has 0 unspecified atom stereocenters. The van der Waals surface area contributed by atoms with Crippen molar-refractivity contribution in [2.75, 3.05) is 19.7 Å². The van der Waals surface area contributed by atoms with E-state index in [1.54, 1.807) is 4.90 Å². The first-order chi connectivity index (χ1) is 13.2. The Labute approximate surface area is 175 Å². The van der Waals surface area contributed by atoms with Crippen LogP contribution in [0.15, 0.2) is 48.5 Å². The molecule has 0 N–H and O–H groups in total. The Balaban J connectivity index is 0.00000225. The topological polar surface area (TPSA) is 42.4 Å². The van der Waals surface area contributed by atoms with Crippen LogP contribution in [0.25, 0.3) is 22.0 Å². The van der Waals surface area contributed by atoms with Crippen molar-refractivity contribution in [2.24, 2.45) is 0 Å². The van der Waals surface area contributed by atoms with Gasteiger partial charge in [-0.2, -0.15) is 0 Å². The largest absolute Gasteiger partial charge is 0.450 e. The molecule has 0 aliphatic carbocycles. The molecule has 0 saturated heterocycles. The fraction of sp³-hybridized carbons (Fsp3) is 0.273. The highest BCUT2D eigenvalue weighted by molar-refractivity contribution is 6.31. The van der Waals surface area contributed by atoms with Crippen LogP contribution in [0.2, 0.25) is 5.02 Å². The van der Waals surface area contributed by atoms with Crippen molar-refractivity contribution in [1.29, 1.82) is 0 Å². The summed E-state index contributed by atoms with van der Waals surface area (Å²) in [6.07, 6.45) is 1.21. The lowest BCUT2D eigenvalue weighted by molar-refractivity contribution is 0.109. The molecule has 28 heavy (non-hydrogen) atoms. The molecule has 1 aliphatic rings. The fourth-order valence-corrected chi connectivity index (χ4v) is 3.91. The maximum atomic E-state index is 12.2. The van der Waals surface area contributed by atoms with E-state index in [1.807, 2.05) is 43.3 Å². The van der Waals surface area contributed by atoms with Gasteiger partial charge in [0.05, 0.1) is 12.1 Å². The van der Waals surface area contributed by atoms with Crippen molar-refractivity contribution < 1.29 is 9.53 Å². The molecule has 2 heterocycles. The third kappa shape index (κ3) is 3.94. The van der Waals surface area contributed by atoms with Crippen molar-refractivity contribution in [3.05, 3.63) is 64.8 Å². The van der Waals surface area contributed by atoms with E-state index in [4.69, 9.17) is 21.3 Å². The SMILES string of the molecule is CCOC(=O)N1CCc2nc3ccc(Cl)cc3c(-c3ccccc3)c2CC1.Cl. The summed E-state index contributed by atoms with van der Waals surface area (Å²) in [5.74, 6) is 0. The molecule has 4 nitrogen and oxygen atoms in total. The maximum absolute atomic E-state index is 12.2. The molecule has 6 heteroatoms. The summed E-state index contributed by atoms with van der Waals surface area (Å²) < 4.78 is 5.19. The monoisotopic (exact) mass is 416 g/mol. The van der Waals surface area contributed by atoms with E-state index in [9.17, 15) is 4.79 Å². The van der Waals surface area contributed by atoms with Crippen LogP contribution in [0, 0.1) is 0 Å². The Morgan fingerprint density at radius 3 is 2.64 bits per heavy atom. The molecule has 4 rings (SSSR count). The second-order valence-electron chi connectivity index (χ2n) is 6.63. The number of ether oxygens (including phenoxy) is 1. The highest BCUT2D eigenvalue weighted by Crippen LogP contribution is 2.36. The minimum Gasteiger partial charge on any atom is -0.450 e. The van der Waals surface area contributed by atoms with Gasteiger partial charge < -0.3 is 9.64 Å². The summed E-state index contributed by atoms with van der Waals surface area (Å²) in [6, 6.07) is 16.2. The highest BCUT2D eigenvalue weighted by atomic mass is 35.5. The van der Waals surface area contributed by atoms with Crippen LogP contribution in [-0.4, -0.2) is 35.7 Å². The zero-order valence-electron chi connectivity index (χ0n) is 15.7. The molecule has 3 aromatic rings. The number of rotatable bonds is 2. The molecule has 1 amide bonds. The molecule has 1 aromatic heterocycles. The summed E-state index contributed by atoms with van der Waals surface area (Å²) in [5, 5.41) is 1.75. The number of carbonyl (C=O) groups is 1. The number of hydrogen-bond donors (Lipinski definition) is 0. The number of halogens is 2. The van der Waals surface area contributed by atoms with E-state index in [0.29, 0.717) is 31.1 Å². The zero-order chi connectivity index (χ0) is 18.8. The minimum absolute atomic E-state index is 0. The lowest BCUT2D eigenvalue weighted by Gasteiger charge is -2.19. The Morgan fingerprint density at radius 2 is 1.89 bits per heavy atom. The molecule has 0 saturated carbocycles. The molecule has 0 fully saturated rings. The minimum atomic E-state index is -0.251. The van der Waals surface area contributed by atoms with E-state index in [1.165, 1.54) is 11.1 Å². The molecular weight excluding hydrogens is 395 g/mol. The van der Waals surface area contributed by atoms with Crippen molar-refractivity contribution in [3.63, 3.8) is 0 Å². The quantitative estimate of drug-likeness (QED) is 0.550. The van der Waals surface area contributed by atoms with E-state index in [2.05, 4.69) is 12.1 Å². The number of hydrogen-bond acceptors (Lipinski definition) is 3. The number of carbonyl (C=O) groups excluding carboxylic acids is 1. The fourth-order valence-electron chi connectivity index (χ4n) is 3.73. The number of pyridine rings is 1. The summed E-state index contributed by atoms with van der Waals surface area (Å²) >= 11 is 6.30. The summed E-state index contributed by atoms with van der Waals surface area (Å²) in [4.78, 5) is 18.9.